The Morgan fingerprint density at radius 3 is 2.37 bits per heavy atom. The molecule has 0 atom stereocenters. The van der Waals surface area contributed by atoms with Crippen molar-refractivity contribution < 1.29 is 19.1 Å². The average Bonchev–Trinajstić information content (AvgIpc) is 2.67. The monoisotopic (exact) mass is 372 g/mol. The number of ether oxygens (including phenoxy) is 2. The lowest BCUT2D eigenvalue weighted by Crippen LogP contribution is -2.29. The van der Waals surface area contributed by atoms with Crippen LogP contribution in [-0.2, 0) is 20.7 Å². The average molecular weight is 373 g/mol. The fourth-order valence-electron chi connectivity index (χ4n) is 3.44. The molecule has 0 bridgehead atoms. The number of unbranched alkanes of at least 4 members (excludes halogenated alkanes) is 3. The Labute approximate surface area is 162 Å². The van der Waals surface area contributed by atoms with E-state index >= 15 is 0 Å². The van der Waals surface area contributed by atoms with Gasteiger partial charge >= 0.3 is 11.9 Å². The second-order valence-corrected chi connectivity index (χ2v) is 7.29. The van der Waals surface area contributed by atoms with Gasteiger partial charge < -0.3 is 9.47 Å². The lowest BCUT2D eigenvalue weighted by molar-refractivity contribution is -0.147. The molecular weight excluding hydrogens is 340 g/mol. The fraction of sp³-hybridized carbons (Fsp3) is 0.565. The molecule has 4 heteroatoms. The topological polar surface area (TPSA) is 52.6 Å². The van der Waals surface area contributed by atoms with Crippen LogP contribution in [0, 0.1) is 5.92 Å². The molecule has 0 N–H and O–H groups in total. The molecule has 1 aliphatic rings. The summed E-state index contributed by atoms with van der Waals surface area (Å²) in [6, 6.07) is 7.87. The molecular formula is C23H32O4. The third-order valence-corrected chi connectivity index (χ3v) is 5.05. The normalized spacial score (nSPS) is 19.8. The molecule has 0 radical (unpaired) electrons. The smallest absolute Gasteiger partial charge is 0.330 e. The van der Waals surface area contributed by atoms with Gasteiger partial charge in [-0.3, -0.25) is 4.79 Å². The molecule has 0 amide bonds. The van der Waals surface area contributed by atoms with Gasteiger partial charge in [-0.05, 0) is 63.1 Å². The maximum atomic E-state index is 12.4. The number of esters is 2. The lowest BCUT2D eigenvalue weighted by Gasteiger charge is -2.26. The first-order valence-electron chi connectivity index (χ1n) is 10.3. The van der Waals surface area contributed by atoms with Crippen molar-refractivity contribution in [2.75, 3.05) is 0 Å². The molecule has 0 unspecified atom stereocenters. The number of carbonyl (C=O) groups is 2. The Bertz CT molecular complexity index is 610. The van der Waals surface area contributed by atoms with Crippen LogP contribution < -0.4 is 4.74 Å². The third kappa shape index (κ3) is 7.58. The highest BCUT2D eigenvalue weighted by Crippen LogP contribution is 2.28. The number of hydrogen-bond acceptors (Lipinski definition) is 4. The summed E-state index contributed by atoms with van der Waals surface area (Å²) in [5, 5.41) is 0. The van der Waals surface area contributed by atoms with Crippen molar-refractivity contribution in [2.24, 2.45) is 5.92 Å². The second kappa shape index (κ2) is 11.6. The molecule has 0 aliphatic heterocycles. The lowest BCUT2D eigenvalue weighted by atomic mass is 9.87. The minimum atomic E-state index is -0.307. The molecule has 0 spiro atoms. The van der Waals surface area contributed by atoms with Gasteiger partial charge in [0.2, 0.25) is 0 Å². The third-order valence-electron chi connectivity index (χ3n) is 5.05. The van der Waals surface area contributed by atoms with Crippen molar-refractivity contribution in [3.05, 3.63) is 42.0 Å². The van der Waals surface area contributed by atoms with Crippen molar-refractivity contribution in [1.29, 1.82) is 0 Å². The SMILES string of the molecule is CC=CC(=O)OC1CCC(C(=O)Oc2ccc(CCCCCC)cc2)CC1. The molecule has 1 aromatic carbocycles. The highest BCUT2D eigenvalue weighted by atomic mass is 16.5. The summed E-state index contributed by atoms with van der Waals surface area (Å²) in [6.45, 7) is 4.00. The van der Waals surface area contributed by atoms with Crippen molar-refractivity contribution in [1.82, 2.24) is 0 Å². The van der Waals surface area contributed by atoms with Crippen LogP contribution in [-0.4, -0.2) is 18.0 Å². The van der Waals surface area contributed by atoms with Gasteiger partial charge in [0, 0.05) is 6.08 Å². The highest BCUT2D eigenvalue weighted by Gasteiger charge is 2.29. The van der Waals surface area contributed by atoms with E-state index in [9.17, 15) is 9.59 Å². The van der Waals surface area contributed by atoms with Crippen molar-refractivity contribution >= 4 is 11.9 Å². The van der Waals surface area contributed by atoms with Crippen molar-refractivity contribution in [3.63, 3.8) is 0 Å². The second-order valence-electron chi connectivity index (χ2n) is 7.29. The van der Waals surface area contributed by atoms with Crippen molar-refractivity contribution in [2.45, 2.75) is 77.7 Å². The molecule has 1 aliphatic carbocycles. The van der Waals surface area contributed by atoms with E-state index in [0.717, 1.165) is 6.42 Å². The van der Waals surface area contributed by atoms with E-state index < -0.39 is 0 Å². The molecule has 27 heavy (non-hydrogen) atoms. The minimum absolute atomic E-state index is 0.0928. The summed E-state index contributed by atoms with van der Waals surface area (Å²) in [5.41, 5.74) is 1.29. The van der Waals surface area contributed by atoms with Gasteiger partial charge in [0.15, 0.2) is 0 Å². The molecule has 1 fully saturated rings. The molecule has 0 heterocycles. The largest absolute Gasteiger partial charge is 0.459 e. The molecule has 1 saturated carbocycles. The Morgan fingerprint density at radius 2 is 1.74 bits per heavy atom. The van der Waals surface area contributed by atoms with Crippen LogP contribution in [0.25, 0.3) is 0 Å². The fourth-order valence-corrected chi connectivity index (χ4v) is 3.44. The summed E-state index contributed by atoms with van der Waals surface area (Å²) < 4.78 is 10.9. The summed E-state index contributed by atoms with van der Waals surface area (Å²) >= 11 is 0. The Hall–Kier alpha value is -2.10. The van der Waals surface area contributed by atoms with E-state index in [1.165, 1.54) is 37.3 Å². The summed E-state index contributed by atoms with van der Waals surface area (Å²) in [4.78, 5) is 23.9. The first kappa shape index (κ1) is 21.2. The van der Waals surface area contributed by atoms with Gasteiger partial charge in [0.25, 0.3) is 0 Å². The van der Waals surface area contributed by atoms with E-state index in [1.807, 2.05) is 24.3 Å². The maximum absolute atomic E-state index is 12.4. The maximum Gasteiger partial charge on any atom is 0.330 e. The predicted octanol–water partition coefficient (Wildman–Crippen LogP) is 5.39. The van der Waals surface area contributed by atoms with Gasteiger partial charge in [-0.1, -0.05) is 44.4 Å². The number of aryl methyl sites for hydroxylation is 1. The molecule has 148 valence electrons. The van der Waals surface area contributed by atoms with Crippen LogP contribution >= 0.6 is 0 Å². The molecule has 2 rings (SSSR count). The van der Waals surface area contributed by atoms with Crippen LogP contribution in [0.3, 0.4) is 0 Å². The molecule has 1 aromatic rings. The van der Waals surface area contributed by atoms with Crippen LogP contribution in [0.1, 0.15) is 70.8 Å². The predicted molar refractivity (Wildman–Crippen MR) is 107 cm³/mol. The van der Waals surface area contributed by atoms with Gasteiger partial charge in [-0.2, -0.15) is 0 Å². The van der Waals surface area contributed by atoms with Crippen molar-refractivity contribution in [3.8, 4) is 5.75 Å². The number of allylic oxidation sites excluding steroid dienone is 1. The van der Waals surface area contributed by atoms with E-state index in [2.05, 4.69) is 6.92 Å². The zero-order valence-corrected chi connectivity index (χ0v) is 16.6. The number of carbonyl (C=O) groups excluding carboxylic acids is 2. The quantitative estimate of drug-likeness (QED) is 0.252. The van der Waals surface area contributed by atoms with E-state index in [0.29, 0.717) is 31.4 Å². The number of rotatable bonds is 9. The first-order chi connectivity index (χ1) is 13.1. The first-order valence-corrected chi connectivity index (χ1v) is 10.3. The Kier molecular flexibility index (Phi) is 9.09. The van der Waals surface area contributed by atoms with Crippen LogP contribution in [0.5, 0.6) is 5.75 Å². The van der Waals surface area contributed by atoms with Gasteiger partial charge in [0.1, 0.15) is 11.9 Å². The van der Waals surface area contributed by atoms with E-state index in [-0.39, 0.29) is 24.0 Å². The zero-order chi connectivity index (χ0) is 19.5. The Morgan fingerprint density at radius 1 is 1.04 bits per heavy atom. The number of hydrogen-bond donors (Lipinski definition) is 0. The highest BCUT2D eigenvalue weighted by molar-refractivity contribution is 5.82. The number of benzene rings is 1. The molecule has 0 aromatic heterocycles. The zero-order valence-electron chi connectivity index (χ0n) is 16.6. The van der Waals surface area contributed by atoms with Crippen LogP contribution in [0.2, 0.25) is 0 Å². The molecule has 0 saturated heterocycles. The summed E-state index contributed by atoms with van der Waals surface area (Å²) in [7, 11) is 0. The van der Waals surface area contributed by atoms with E-state index in [4.69, 9.17) is 9.47 Å². The van der Waals surface area contributed by atoms with Crippen LogP contribution in [0.4, 0.5) is 0 Å². The minimum Gasteiger partial charge on any atom is -0.459 e. The van der Waals surface area contributed by atoms with Gasteiger partial charge in [-0.25, -0.2) is 4.79 Å². The Balaban J connectivity index is 1.73. The van der Waals surface area contributed by atoms with Gasteiger partial charge in [-0.15, -0.1) is 0 Å². The van der Waals surface area contributed by atoms with Gasteiger partial charge in [0.05, 0.1) is 5.92 Å². The standard InChI is InChI=1S/C23H32O4/c1-3-5-6-7-9-18-10-14-21(15-11-18)27-23(25)19-12-16-20(17-13-19)26-22(24)8-4-2/h4,8,10-11,14-15,19-20H,3,5-7,9,12-13,16-17H2,1-2H3. The van der Waals surface area contributed by atoms with Crippen LogP contribution in [0.15, 0.2) is 36.4 Å². The molecule has 4 nitrogen and oxygen atoms in total. The summed E-state index contributed by atoms with van der Waals surface area (Å²) in [5.74, 6) is 0.0107. The van der Waals surface area contributed by atoms with E-state index in [1.54, 1.807) is 13.0 Å². The summed E-state index contributed by atoms with van der Waals surface area (Å²) in [6.07, 6.45) is 11.9.